The van der Waals surface area contributed by atoms with Crippen LogP contribution in [0.2, 0.25) is 5.02 Å². The summed E-state index contributed by atoms with van der Waals surface area (Å²) >= 11 is 9.33. The van der Waals surface area contributed by atoms with Gasteiger partial charge in [-0.2, -0.15) is 0 Å². The highest BCUT2D eigenvalue weighted by Gasteiger charge is 2.10. The molecular formula is C16H15BrClNO3. The van der Waals surface area contributed by atoms with E-state index < -0.39 is 0 Å². The van der Waals surface area contributed by atoms with Crippen LogP contribution in [0.4, 0.5) is 0 Å². The summed E-state index contributed by atoms with van der Waals surface area (Å²) < 4.78 is 11.6. The van der Waals surface area contributed by atoms with E-state index in [1.54, 1.807) is 25.3 Å². The molecule has 116 valence electrons. The minimum atomic E-state index is -0.241. The number of hydrogen-bond donors (Lipinski definition) is 1. The molecule has 0 heterocycles. The van der Waals surface area contributed by atoms with Gasteiger partial charge in [0.05, 0.1) is 24.2 Å². The number of para-hydroxylation sites is 2. The average molecular weight is 385 g/mol. The first-order valence-electron chi connectivity index (χ1n) is 6.61. The predicted molar refractivity (Wildman–Crippen MR) is 90.0 cm³/mol. The molecule has 2 rings (SSSR count). The number of benzene rings is 2. The maximum Gasteiger partial charge on any atom is 0.252 e. The minimum Gasteiger partial charge on any atom is -0.493 e. The third-order valence-electron chi connectivity index (χ3n) is 2.89. The molecule has 0 saturated carbocycles. The molecule has 0 atom stereocenters. The molecule has 0 radical (unpaired) electrons. The van der Waals surface area contributed by atoms with Crippen LogP contribution in [-0.4, -0.2) is 26.2 Å². The van der Waals surface area contributed by atoms with Crippen LogP contribution in [0.3, 0.4) is 0 Å². The number of carbonyl (C=O) groups is 1. The Morgan fingerprint density at radius 2 is 1.95 bits per heavy atom. The van der Waals surface area contributed by atoms with Gasteiger partial charge in [0, 0.05) is 4.47 Å². The van der Waals surface area contributed by atoms with Crippen LogP contribution in [0.1, 0.15) is 10.4 Å². The van der Waals surface area contributed by atoms with Crippen molar-refractivity contribution in [2.24, 2.45) is 0 Å². The summed E-state index contributed by atoms with van der Waals surface area (Å²) in [6.45, 7) is 0.692. The molecule has 2 aromatic rings. The van der Waals surface area contributed by atoms with Crippen LogP contribution in [0.15, 0.2) is 46.9 Å². The van der Waals surface area contributed by atoms with Gasteiger partial charge in [0.15, 0.2) is 11.5 Å². The van der Waals surface area contributed by atoms with Gasteiger partial charge in [-0.25, -0.2) is 0 Å². The van der Waals surface area contributed by atoms with Crippen molar-refractivity contribution >= 4 is 33.4 Å². The lowest BCUT2D eigenvalue weighted by atomic mass is 10.2. The van der Waals surface area contributed by atoms with E-state index in [4.69, 9.17) is 21.1 Å². The molecule has 0 fully saturated rings. The SMILES string of the molecule is COc1ccccc1OCCNC(=O)c1cc(Br)ccc1Cl. The summed E-state index contributed by atoms with van der Waals surface area (Å²) in [7, 11) is 1.58. The van der Waals surface area contributed by atoms with Crippen LogP contribution < -0.4 is 14.8 Å². The Bertz CT molecular complexity index is 664. The van der Waals surface area contributed by atoms with E-state index in [1.165, 1.54) is 0 Å². The number of methoxy groups -OCH3 is 1. The number of ether oxygens (including phenoxy) is 2. The normalized spacial score (nSPS) is 10.1. The molecule has 0 aliphatic rings. The highest BCUT2D eigenvalue weighted by atomic mass is 79.9. The third kappa shape index (κ3) is 4.39. The Morgan fingerprint density at radius 3 is 2.68 bits per heavy atom. The van der Waals surface area contributed by atoms with Crippen molar-refractivity contribution in [3.05, 3.63) is 57.5 Å². The van der Waals surface area contributed by atoms with Crippen molar-refractivity contribution in [1.82, 2.24) is 5.32 Å². The Hall–Kier alpha value is -1.72. The number of rotatable bonds is 6. The second-order valence-electron chi connectivity index (χ2n) is 4.38. The quantitative estimate of drug-likeness (QED) is 0.768. The van der Waals surface area contributed by atoms with Crippen molar-refractivity contribution in [2.45, 2.75) is 0 Å². The summed E-state index contributed by atoms with van der Waals surface area (Å²) in [6.07, 6.45) is 0. The van der Waals surface area contributed by atoms with Crippen LogP contribution in [-0.2, 0) is 0 Å². The van der Waals surface area contributed by atoms with Crippen LogP contribution in [0.5, 0.6) is 11.5 Å². The number of nitrogens with one attached hydrogen (secondary N) is 1. The lowest BCUT2D eigenvalue weighted by Crippen LogP contribution is -2.28. The van der Waals surface area contributed by atoms with Gasteiger partial charge in [-0.15, -0.1) is 0 Å². The van der Waals surface area contributed by atoms with E-state index in [2.05, 4.69) is 21.2 Å². The molecule has 0 aromatic heterocycles. The molecule has 0 aliphatic carbocycles. The van der Waals surface area contributed by atoms with E-state index in [0.29, 0.717) is 35.2 Å². The topological polar surface area (TPSA) is 47.6 Å². The first-order valence-corrected chi connectivity index (χ1v) is 7.78. The molecule has 1 amide bonds. The van der Waals surface area contributed by atoms with Crippen molar-refractivity contribution in [1.29, 1.82) is 0 Å². The van der Waals surface area contributed by atoms with Gasteiger partial charge in [0.2, 0.25) is 0 Å². The molecule has 0 saturated heterocycles. The van der Waals surface area contributed by atoms with E-state index in [-0.39, 0.29) is 5.91 Å². The fourth-order valence-electron chi connectivity index (χ4n) is 1.83. The first-order chi connectivity index (χ1) is 10.6. The van der Waals surface area contributed by atoms with Crippen molar-refractivity contribution in [3.63, 3.8) is 0 Å². The maximum absolute atomic E-state index is 12.1. The molecule has 0 bridgehead atoms. The largest absolute Gasteiger partial charge is 0.493 e. The van der Waals surface area contributed by atoms with Gasteiger partial charge in [-0.05, 0) is 30.3 Å². The van der Waals surface area contributed by atoms with Gasteiger partial charge in [0.25, 0.3) is 5.91 Å². The standard InChI is InChI=1S/C16H15BrClNO3/c1-21-14-4-2-3-5-15(14)22-9-8-19-16(20)12-10-11(17)6-7-13(12)18/h2-7,10H,8-9H2,1H3,(H,19,20). The first kappa shape index (κ1) is 16.6. The zero-order valence-corrected chi connectivity index (χ0v) is 14.3. The summed E-state index contributed by atoms with van der Waals surface area (Å²) in [5, 5.41) is 3.17. The van der Waals surface area contributed by atoms with Gasteiger partial charge in [0.1, 0.15) is 6.61 Å². The molecular weight excluding hydrogens is 370 g/mol. The van der Waals surface area contributed by atoms with Crippen LogP contribution in [0.25, 0.3) is 0 Å². The van der Waals surface area contributed by atoms with E-state index in [1.807, 2.05) is 24.3 Å². The molecule has 0 aliphatic heterocycles. The van der Waals surface area contributed by atoms with E-state index in [0.717, 1.165) is 4.47 Å². The zero-order chi connectivity index (χ0) is 15.9. The van der Waals surface area contributed by atoms with Gasteiger partial charge < -0.3 is 14.8 Å². The number of halogens is 2. The van der Waals surface area contributed by atoms with E-state index in [9.17, 15) is 4.79 Å². The molecule has 0 spiro atoms. The third-order valence-corrected chi connectivity index (χ3v) is 3.71. The molecule has 0 unspecified atom stereocenters. The number of amides is 1. The molecule has 4 nitrogen and oxygen atoms in total. The molecule has 22 heavy (non-hydrogen) atoms. The fourth-order valence-corrected chi connectivity index (χ4v) is 2.39. The summed E-state index contributed by atoms with van der Waals surface area (Å²) in [5.74, 6) is 1.05. The Balaban J connectivity index is 1.86. The maximum atomic E-state index is 12.1. The summed E-state index contributed by atoms with van der Waals surface area (Å²) in [4.78, 5) is 12.1. The highest BCUT2D eigenvalue weighted by Crippen LogP contribution is 2.25. The summed E-state index contributed by atoms with van der Waals surface area (Å²) in [5.41, 5.74) is 0.424. The zero-order valence-electron chi connectivity index (χ0n) is 11.9. The van der Waals surface area contributed by atoms with Gasteiger partial charge in [-0.1, -0.05) is 39.7 Å². The van der Waals surface area contributed by atoms with Gasteiger partial charge in [-0.3, -0.25) is 4.79 Å². The molecule has 6 heteroatoms. The second-order valence-corrected chi connectivity index (χ2v) is 5.70. The Morgan fingerprint density at radius 1 is 1.23 bits per heavy atom. The lowest BCUT2D eigenvalue weighted by Gasteiger charge is -2.11. The van der Waals surface area contributed by atoms with E-state index >= 15 is 0 Å². The molecule has 1 N–H and O–H groups in total. The van der Waals surface area contributed by atoms with Crippen molar-refractivity contribution in [3.8, 4) is 11.5 Å². The Labute approximate surface area is 142 Å². The number of carbonyl (C=O) groups excluding carboxylic acids is 1. The highest BCUT2D eigenvalue weighted by molar-refractivity contribution is 9.10. The summed E-state index contributed by atoms with van der Waals surface area (Å²) in [6, 6.07) is 12.5. The molecule has 2 aromatic carbocycles. The minimum absolute atomic E-state index is 0.241. The fraction of sp³-hybridized carbons (Fsp3) is 0.188. The average Bonchev–Trinajstić information content (AvgIpc) is 2.54. The number of hydrogen-bond acceptors (Lipinski definition) is 3. The van der Waals surface area contributed by atoms with Gasteiger partial charge >= 0.3 is 0 Å². The predicted octanol–water partition coefficient (Wildman–Crippen LogP) is 3.92. The second kappa shape index (κ2) is 8.06. The van der Waals surface area contributed by atoms with Crippen LogP contribution in [0, 0.1) is 0 Å². The lowest BCUT2D eigenvalue weighted by molar-refractivity contribution is 0.0947. The monoisotopic (exact) mass is 383 g/mol. The smallest absolute Gasteiger partial charge is 0.252 e. The van der Waals surface area contributed by atoms with Crippen LogP contribution >= 0.6 is 27.5 Å². The van der Waals surface area contributed by atoms with Crippen molar-refractivity contribution < 1.29 is 14.3 Å². The van der Waals surface area contributed by atoms with Crippen molar-refractivity contribution in [2.75, 3.05) is 20.3 Å². The Kier molecular flexibility index (Phi) is 6.10.